The number of hydrogen-bond acceptors (Lipinski definition) is 5. The van der Waals surface area contributed by atoms with Crippen molar-refractivity contribution in [1.29, 1.82) is 0 Å². The van der Waals surface area contributed by atoms with Crippen molar-refractivity contribution in [3.05, 3.63) is 55.7 Å². The van der Waals surface area contributed by atoms with Crippen molar-refractivity contribution in [2.24, 2.45) is 10.4 Å². The van der Waals surface area contributed by atoms with Crippen LogP contribution in [0.3, 0.4) is 0 Å². The highest BCUT2D eigenvalue weighted by Gasteiger charge is 2.34. The van der Waals surface area contributed by atoms with Crippen molar-refractivity contribution >= 4 is 23.8 Å². The number of nitrogens with one attached hydrogen (secondary N) is 1. The molecule has 29 heavy (non-hydrogen) atoms. The first-order chi connectivity index (χ1) is 13.8. The highest BCUT2D eigenvalue weighted by molar-refractivity contribution is 6.30. The lowest BCUT2D eigenvalue weighted by Crippen LogP contribution is -2.32. The number of carboxylic acids is 1. The molecule has 1 aliphatic carbocycles. The fourth-order valence-electron chi connectivity index (χ4n) is 3.83. The van der Waals surface area contributed by atoms with Gasteiger partial charge in [0.25, 0.3) is 5.56 Å². The molecule has 154 valence electrons. The SMILES string of the molecule is O=C(O)CC1(CN=Cc2c(O)n(-c3ccc(Cl)cc3)c(=O)[nH]c2=O)CCCCC1. The number of aliphatic imine (C=N–C) groups is 1. The number of H-pyrrole nitrogens is 1. The molecule has 3 N–H and O–H groups in total. The van der Waals surface area contributed by atoms with Gasteiger partial charge in [-0.25, -0.2) is 9.36 Å². The largest absolute Gasteiger partial charge is 0.493 e. The molecule has 0 unspecified atom stereocenters. The molecule has 1 aromatic carbocycles. The first-order valence-corrected chi connectivity index (χ1v) is 9.75. The van der Waals surface area contributed by atoms with Gasteiger partial charge in [-0.2, -0.15) is 0 Å². The van der Waals surface area contributed by atoms with E-state index in [2.05, 4.69) is 9.98 Å². The highest BCUT2D eigenvalue weighted by atomic mass is 35.5. The standard InChI is InChI=1S/C20H22ClN3O5/c21-13-4-6-14(7-5-13)24-18(28)15(17(27)23-19(24)29)11-22-12-20(10-16(25)26)8-2-1-3-9-20/h4-7,11,28H,1-3,8-10,12H2,(H,25,26)(H,23,27,29). The maximum Gasteiger partial charge on any atom is 0.335 e. The summed E-state index contributed by atoms with van der Waals surface area (Å²) >= 11 is 5.86. The first kappa shape index (κ1) is 20.9. The Morgan fingerprint density at radius 1 is 1.21 bits per heavy atom. The Labute approximate surface area is 171 Å². The third-order valence-electron chi connectivity index (χ3n) is 5.29. The molecule has 3 rings (SSSR count). The average molecular weight is 420 g/mol. The quantitative estimate of drug-likeness (QED) is 0.621. The van der Waals surface area contributed by atoms with E-state index in [1.54, 1.807) is 12.1 Å². The van der Waals surface area contributed by atoms with E-state index in [1.807, 2.05) is 0 Å². The number of benzene rings is 1. The predicted molar refractivity (Wildman–Crippen MR) is 110 cm³/mol. The second-order valence-electron chi connectivity index (χ2n) is 7.41. The number of aromatic hydroxyl groups is 1. The van der Waals surface area contributed by atoms with E-state index in [0.29, 0.717) is 10.7 Å². The summed E-state index contributed by atoms with van der Waals surface area (Å²) in [6.45, 7) is 0.234. The fraction of sp³-hybridized carbons (Fsp3) is 0.400. The third kappa shape index (κ3) is 4.76. The Balaban J connectivity index is 1.93. The molecule has 1 aliphatic rings. The average Bonchev–Trinajstić information content (AvgIpc) is 2.66. The molecular weight excluding hydrogens is 398 g/mol. The number of rotatable bonds is 6. The second-order valence-corrected chi connectivity index (χ2v) is 7.85. The van der Waals surface area contributed by atoms with Crippen molar-refractivity contribution in [3.8, 4) is 11.6 Å². The fourth-order valence-corrected chi connectivity index (χ4v) is 3.95. The molecule has 1 fully saturated rings. The van der Waals surface area contributed by atoms with E-state index in [0.717, 1.165) is 36.7 Å². The van der Waals surface area contributed by atoms with Gasteiger partial charge in [0.05, 0.1) is 12.1 Å². The van der Waals surface area contributed by atoms with Crippen molar-refractivity contribution in [2.45, 2.75) is 38.5 Å². The molecule has 9 heteroatoms. The normalized spacial score (nSPS) is 16.2. The number of nitrogens with zero attached hydrogens (tertiary/aromatic N) is 2. The summed E-state index contributed by atoms with van der Waals surface area (Å²) in [6, 6.07) is 6.18. The van der Waals surface area contributed by atoms with Crippen LogP contribution >= 0.6 is 11.6 Å². The summed E-state index contributed by atoms with van der Waals surface area (Å²) in [5, 5.41) is 20.3. The van der Waals surface area contributed by atoms with Crippen LogP contribution in [0.25, 0.3) is 5.69 Å². The molecule has 1 saturated carbocycles. The molecule has 1 aromatic heterocycles. The maximum atomic E-state index is 12.2. The number of halogens is 1. The molecule has 0 aliphatic heterocycles. The van der Waals surface area contributed by atoms with Crippen LogP contribution in [-0.2, 0) is 4.79 Å². The van der Waals surface area contributed by atoms with E-state index in [4.69, 9.17) is 11.6 Å². The van der Waals surface area contributed by atoms with Gasteiger partial charge in [-0.05, 0) is 37.1 Å². The summed E-state index contributed by atoms with van der Waals surface area (Å²) in [5.41, 5.74) is -1.84. The molecule has 0 radical (unpaired) electrons. The lowest BCUT2D eigenvalue weighted by atomic mass is 9.72. The number of carbonyl (C=O) groups is 1. The third-order valence-corrected chi connectivity index (χ3v) is 5.55. The van der Waals surface area contributed by atoms with Crippen LogP contribution in [0.5, 0.6) is 5.88 Å². The molecule has 0 spiro atoms. The Hall–Kier alpha value is -2.87. The van der Waals surface area contributed by atoms with Gasteiger partial charge in [-0.15, -0.1) is 0 Å². The maximum absolute atomic E-state index is 12.2. The van der Waals surface area contributed by atoms with Gasteiger partial charge in [0, 0.05) is 23.2 Å². The number of aromatic amines is 1. The van der Waals surface area contributed by atoms with Crippen molar-refractivity contribution in [1.82, 2.24) is 9.55 Å². The summed E-state index contributed by atoms with van der Waals surface area (Å²) in [4.78, 5) is 42.1. The van der Waals surface area contributed by atoms with Crippen LogP contribution in [0.4, 0.5) is 0 Å². The Kier molecular flexibility index (Phi) is 6.22. The zero-order chi connectivity index (χ0) is 21.0. The van der Waals surface area contributed by atoms with Gasteiger partial charge in [0.2, 0.25) is 5.88 Å². The Bertz CT molecular complexity index is 1030. The van der Waals surface area contributed by atoms with Crippen LogP contribution in [0.1, 0.15) is 44.1 Å². The molecule has 1 heterocycles. The number of carboxylic acid groups (broad SMARTS) is 1. The van der Waals surface area contributed by atoms with Crippen LogP contribution in [0, 0.1) is 5.41 Å². The summed E-state index contributed by atoms with van der Waals surface area (Å²) in [7, 11) is 0. The van der Waals surface area contributed by atoms with Gasteiger partial charge in [0.15, 0.2) is 0 Å². The zero-order valence-electron chi connectivity index (χ0n) is 15.7. The minimum atomic E-state index is -0.876. The highest BCUT2D eigenvalue weighted by Crippen LogP contribution is 2.39. The van der Waals surface area contributed by atoms with Crippen LogP contribution in [-0.4, -0.2) is 38.5 Å². The Morgan fingerprint density at radius 2 is 1.86 bits per heavy atom. The topological polar surface area (TPSA) is 125 Å². The second kappa shape index (κ2) is 8.65. The van der Waals surface area contributed by atoms with E-state index >= 15 is 0 Å². The van der Waals surface area contributed by atoms with Crippen LogP contribution < -0.4 is 11.2 Å². The molecule has 0 saturated heterocycles. The van der Waals surface area contributed by atoms with Crippen molar-refractivity contribution in [2.75, 3.05) is 6.54 Å². The molecule has 0 amide bonds. The predicted octanol–water partition coefficient (Wildman–Crippen LogP) is 2.73. The lowest BCUT2D eigenvalue weighted by Gasteiger charge is -2.34. The van der Waals surface area contributed by atoms with Crippen molar-refractivity contribution < 1.29 is 15.0 Å². The van der Waals surface area contributed by atoms with Gasteiger partial charge in [0.1, 0.15) is 5.56 Å². The van der Waals surface area contributed by atoms with Crippen molar-refractivity contribution in [3.63, 3.8) is 0 Å². The Morgan fingerprint density at radius 3 is 2.48 bits per heavy atom. The van der Waals surface area contributed by atoms with Crippen LogP contribution in [0.15, 0.2) is 38.8 Å². The number of aliphatic carboxylic acids is 1. The van der Waals surface area contributed by atoms with Crippen LogP contribution in [0.2, 0.25) is 5.02 Å². The minimum Gasteiger partial charge on any atom is -0.493 e. The summed E-state index contributed by atoms with van der Waals surface area (Å²) < 4.78 is 0.951. The molecule has 0 atom stereocenters. The van der Waals surface area contributed by atoms with E-state index < -0.39 is 28.5 Å². The summed E-state index contributed by atoms with van der Waals surface area (Å²) in [6.07, 6.45) is 5.67. The lowest BCUT2D eigenvalue weighted by molar-refractivity contribution is -0.140. The monoisotopic (exact) mass is 419 g/mol. The van der Waals surface area contributed by atoms with Gasteiger partial charge in [-0.1, -0.05) is 30.9 Å². The number of aromatic nitrogens is 2. The zero-order valence-corrected chi connectivity index (χ0v) is 16.5. The smallest absolute Gasteiger partial charge is 0.335 e. The van der Waals surface area contributed by atoms with E-state index in [-0.39, 0.29) is 18.5 Å². The minimum absolute atomic E-state index is 0.0109. The van der Waals surface area contributed by atoms with E-state index in [1.165, 1.54) is 18.3 Å². The molecular formula is C20H22ClN3O5. The summed E-state index contributed by atoms with van der Waals surface area (Å²) in [5.74, 6) is -1.42. The van der Waals surface area contributed by atoms with Gasteiger partial charge >= 0.3 is 11.7 Å². The molecule has 8 nitrogen and oxygen atoms in total. The number of hydrogen-bond donors (Lipinski definition) is 3. The first-order valence-electron chi connectivity index (χ1n) is 9.37. The molecule has 0 bridgehead atoms. The van der Waals surface area contributed by atoms with Gasteiger partial charge < -0.3 is 10.2 Å². The van der Waals surface area contributed by atoms with E-state index in [9.17, 15) is 24.6 Å². The van der Waals surface area contributed by atoms with Gasteiger partial charge in [-0.3, -0.25) is 19.6 Å². The molecule has 2 aromatic rings.